The van der Waals surface area contributed by atoms with Gasteiger partial charge in [-0.05, 0) is 31.7 Å². The van der Waals surface area contributed by atoms with E-state index in [0.717, 1.165) is 19.4 Å². The number of rotatable bonds is 4. The molecule has 2 unspecified atom stereocenters. The molecule has 1 aliphatic rings. The molecule has 4 heteroatoms. The van der Waals surface area contributed by atoms with Gasteiger partial charge in [0.1, 0.15) is 6.04 Å². The molecule has 0 saturated carbocycles. The number of carbonyl (C=O) groups is 1. The van der Waals surface area contributed by atoms with E-state index >= 15 is 0 Å². The summed E-state index contributed by atoms with van der Waals surface area (Å²) < 4.78 is 5.21. The zero-order valence-electron chi connectivity index (χ0n) is 10.7. The highest BCUT2D eigenvalue weighted by atomic mass is 16.5. The van der Waals surface area contributed by atoms with E-state index in [4.69, 9.17) is 4.74 Å². The van der Waals surface area contributed by atoms with Crippen LogP contribution in [0.5, 0.6) is 0 Å². The van der Waals surface area contributed by atoms with Gasteiger partial charge in [-0.15, -0.1) is 0 Å². The van der Waals surface area contributed by atoms with Crippen molar-refractivity contribution in [3.8, 4) is 0 Å². The highest BCUT2D eigenvalue weighted by molar-refractivity contribution is 5.74. The van der Waals surface area contributed by atoms with Gasteiger partial charge in [0.25, 0.3) is 0 Å². The fraction of sp³-hybridized carbons (Fsp3) is 0.917. The standard InChI is InChI=1S/C12H23NO3/c1-9(16-4)8-13-7-5-6-12(2,3)10(13)11(14)15/h9-10H,5-8H2,1-4H3,(H,14,15). The largest absolute Gasteiger partial charge is 0.480 e. The van der Waals surface area contributed by atoms with Gasteiger partial charge in [0, 0.05) is 13.7 Å². The van der Waals surface area contributed by atoms with Crippen LogP contribution in [-0.4, -0.2) is 48.3 Å². The Morgan fingerprint density at radius 1 is 1.62 bits per heavy atom. The monoisotopic (exact) mass is 229 g/mol. The van der Waals surface area contributed by atoms with Crippen LogP contribution < -0.4 is 0 Å². The molecule has 1 N–H and O–H groups in total. The lowest BCUT2D eigenvalue weighted by molar-refractivity contribution is -0.151. The topological polar surface area (TPSA) is 49.8 Å². The molecule has 0 aromatic carbocycles. The van der Waals surface area contributed by atoms with Crippen LogP contribution in [0.3, 0.4) is 0 Å². The molecule has 0 aromatic heterocycles. The Balaban J connectivity index is 2.77. The number of ether oxygens (including phenoxy) is 1. The Kier molecular flexibility index (Phi) is 4.33. The number of carboxylic acids is 1. The van der Waals surface area contributed by atoms with E-state index in [9.17, 15) is 9.90 Å². The van der Waals surface area contributed by atoms with Crippen molar-refractivity contribution in [1.82, 2.24) is 4.90 Å². The van der Waals surface area contributed by atoms with Crippen LogP contribution in [-0.2, 0) is 9.53 Å². The first-order valence-electron chi connectivity index (χ1n) is 5.88. The number of carboxylic acid groups (broad SMARTS) is 1. The van der Waals surface area contributed by atoms with Crippen LogP contribution >= 0.6 is 0 Å². The zero-order chi connectivity index (χ0) is 12.3. The summed E-state index contributed by atoms with van der Waals surface area (Å²) >= 11 is 0. The van der Waals surface area contributed by atoms with E-state index in [1.165, 1.54) is 0 Å². The van der Waals surface area contributed by atoms with E-state index in [2.05, 4.69) is 0 Å². The Hall–Kier alpha value is -0.610. The van der Waals surface area contributed by atoms with Crippen molar-refractivity contribution in [1.29, 1.82) is 0 Å². The quantitative estimate of drug-likeness (QED) is 0.795. The first-order valence-corrected chi connectivity index (χ1v) is 5.88. The van der Waals surface area contributed by atoms with Crippen LogP contribution in [0.4, 0.5) is 0 Å². The molecule has 1 aliphatic heterocycles. The third kappa shape index (κ3) is 2.95. The summed E-state index contributed by atoms with van der Waals surface area (Å²) in [6.07, 6.45) is 2.12. The third-order valence-corrected chi connectivity index (χ3v) is 3.50. The average Bonchev–Trinajstić information content (AvgIpc) is 2.15. The molecule has 0 spiro atoms. The average molecular weight is 229 g/mol. The number of piperidine rings is 1. The van der Waals surface area contributed by atoms with Crippen molar-refractivity contribution in [2.24, 2.45) is 5.41 Å². The molecule has 2 atom stereocenters. The summed E-state index contributed by atoms with van der Waals surface area (Å²) in [5.41, 5.74) is -0.155. The number of hydrogen-bond donors (Lipinski definition) is 1. The molecule has 0 aromatic rings. The molecule has 1 fully saturated rings. The lowest BCUT2D eigenvalue weighted by Crippen LogP contribution is -2.55. The molecule has 4 nitrogen and oxygen atoms in total. The van der Waals surface area contributed by atoms with Crippen LogP contribution in [0, 0.1) is 5.41 Å². The van der Waals surface area contributed by atoms with Crippen LogP contribution in [0.25, 0.3) is 0 Å². The van der Waals surface area contributed by atoms with E-state index in [1.807, 2.05) is 25.7 Å². The number of aliphatic carboxylic acids is 1. The second-order valence-corrected chi connectivity index (χ2v) is 5.37. The Labute approximate surface area is 97.6 Å². The van der Waals surface area contributed by atoms with E-state index < -0.39 is 5.97 Å². The molecule has 1 saturated heterocycles. The first-order chi connectivity index (χ1) is 7.38. The summed E-state index contributed by atoms with van der Waals surface area (Å²) in [6.45, 7) is 7.59. The van der Waals surface area contributed by atoms with Crippen LogP contribution in [0.2, 0.25) is 0 Å². The maximum atomic E-state index is 11.4. The third-order valence-electron chi connectivity index (χ3n) is 3.50. The van der Waals surface area contributed by atoms with Crippen LogP contribution in [0.15, 0.2) is 0 Å². The van der Waals surface area contributed by atoms with Gasteiger partial charge in [-0.1, -0.05) is 13.8 Å². The van der Waals surface area contributed by atoms with Crippen molar-refractivity contribution in [3.63, 3.8) is 0 Å². The predicted molar refractivity (Wildman–Crippen MR) is 62.5 cm³/mol. The summed E-state index contributed by atoms with van der Waals surface area (Å²) in [5, 5.41) is 9.35. The number of likely N-dealkylation sites (tertiary alicyclic amines) is 1. The van der Waals surface area contributed by atoms with E-state index in [-0.39, 0.29) is 17.6 Å². The van der Waals surface area contributed by atoms with Gasteiger partial charge in [-0.25, -0.2) is 0 Å². The van der Waals surface area contributed by atoms with Gasteiger partial charge in [0.2, 0.25) is 0 Å². The van der Waals surface area contributed by atoms with Crippen molar-refractivity contribution < 1.29 is 14.6 Å². The lowest BCUT2D eigenvalue weighted by atomic mass is 9.76. The number of hydrogen-bond acceptors (Lipinski definition) is 3. The fourth-order valence-corrected chi connectivity index (χ4v) is 2.59. The lowest BCUT2D eigenvalue weighted by Gasteiger charge is -2.44. The highest BCUT2D eigenvalue weighted by Gasteiger charge is 2.42. The van der Waals surface area contributed by atoms with Crippen molar-refractivity contribution in [2.45, 2.75) is 45.8 Å². The minimum atomic E-state index is -0.715. The maximum absolute atomic E-state index is 11.4. The first kappa shape index (κ1) is 13.5. The summed E-state index contributed by atoms with van der Waals surface area (Å²) in [4.78, 5) is 13.4. The molecular weight excluding hydrogens is 206 g/mol. The summed E-state index contributed by atoms with van der Waals surface area (Å²) in [6, 6.07) is -0.390. The van der Waals surface area contributed by atoms with Gasteiger partial charge in [0.15, 0.2) is 0 Å². The molecule has 0 aliphatic carbocycles. The van der Waals surface area contributed by atoms with Gasteiger partial charge >= 0.3 is 5.97 Å². The summed E-state index contributed by atoms with van der Waals surface area (Å²) in [5.74, 6) is -0.715. The normalized spacial score (nSPS) is 27.6. The molecule has 0 radical (unpaired) electrons. The number of methoxy groups -OCH3 is 1. The fourth-order valence-electron chi connectivity index (χ4n) is 2.59. The second-order valence-electron chi connectivity index (χ2n) is 5.37. The molecule has 94 valence electrons. The highest BCUT2D eigenvalue weighted by Crippen LogP contribution is 2.35. The second kappa shape index (κ2) is 5.15. The minimum Gasteiger partial charge on any atom is -0.480 e. The van der Waals surface area contributed by atoms with Gasteiger partial charge in [0.05, 0.1) is 6.10 Å². The molecule has 0 bridgehead atoms. The molecule has 16 heavy (non-hydrogen) atoms. The molecule has 0 amide bonds. The predicted octanol–water partition coefficient (Wildman–Crippen LogP) is 1.60. The van der Waals surface area contributed by atoms with Gasteiger partial charge in [-0.2, -0.15) is 0 Å². The Morgan fingerprint density at radius 3 is 2.75 bits per heavy atom. The van der Waals surface area contributed by atoms with Crippen LogP contribution in [0.1, 0.15) is 33.6 Å². The van der Waals surface area contributed by atoms with Crippen molar-refractivity contribution in [3.05, 3.63) is 0 Å². The van der Waals surface area contributed by atoms with Crippen molar-refractivity contribution in [2.75, 3.05) is 20.2 Å². The SMILES string of the molecule is COC(C)CN1CCCC(C)(C)C1C(=O)O. The minimum absolute atomic E-state index is 0.0794. The van der Waals surface area contributed by atoms with Crippen molar-refractivity contribution >= 4 is 5.97 Å². The van der Waals surface area contributed by atoms with Gasteiger partial charge < -0.3 is 9.84 Å². The van der Waals surface area contributed by atoms with Gasteiger partial charge in [-0.3, -0.25) is 9.69 Å². The van der Waals surface area contributed by atoms with E-state index in [1.54, 1.807) is 7.11 Å². The Bertz CT molecular complexity index is 253. The Morgan fingerprint density at radius 2 is 2.25 bits per heavy atom. The zero-order valence-corrected chi connectivity index (χ0v) is 10.7. The molecule has 1 rings (SSSR count). The maximum Gasteiger partial charge on any atom is 0.321 e. The molecular formula is C12H23NO3. The van der Waals surface area contributed by atoms with E-state index in [0.29, 0.717) is 6.54 Å². The summed E-state index contributed by atoms with van der Waals surface area (Å²) in [7, 11) is 1.66. The smallest absolute Gasteiger partial charge is 0.321 e. The molecule has 1 heterocycles. The number of nitrogens with zero attached hydrogens (tertiary/aromatic N) is 1.